The smallest absolute Gasteiger partial charge is 0.508 e. The lowest BCUT2D eigenvalue weighted by Gasteiger charge is -2.16. The van der Waals surface area contributed by atoms with Crippen molar-refractivity contribution in [2.45, 2.75) is 39.8 Å². The molecule has 2 rings (SSSR count). The molecule has 0 aliphatic rings. The standard InChI is InChI=1S/C21H26N4O5/c1-13(2)19(15-9-5-7-11-17(15)26)22-24-29-21(28)30-25-23-20(14(3)4)16-10-6-8-12-18(16)27/h5-14,19-20,26-27H,1-4H3. The molecule has 0 heterocycles. The highest BCUT2D eigenvalue weighted by atomic mass is 16.9. The Bertz CT molecular complexity index is 827. The largest absolute Gasteiger partial charge is 0.565 e. The maximum Gasteiger partial charge on any atom is 0.565 e. The van der Waals surface area contributed by atoms with Gasteiger partial charge >= 0.3 is 6.16 Å². The fourth-order valence-electron chi connectivity index (χ4n) is 2.82. The van der Waals surface area contributed by atoms with E-state index < -0.39 is 18.2 Å². The number of benzene rings is 2. The maximum atomic E-state index is 11.7. The predicted octanol–water partition coefficient (Wildman–Crippen LogP) is 6.08. The van der Waals surface area contributed by atoms with Crippen LogP contribution in [0.1, 0.15) is 50.9 Å². The summed E-state index contributed by atoms with van der Waals surface area (Å²) in [5.41, 5.74) is 1.13. The van der Waals surface area contributed by atoms with Crippen LogP contribution in [0.15, 0.2) is 69.3 Å². The molecule has 2 unspecified atom stereocenters. The molecule has 0 saturated carbocycles. The Morgan fingerprint density at radius 2 is 1.10 bits per heavy atom. The van der Waals surface area contributed by atoms with Crippen molar-refractivity contribution in [1.29, 1.82) is 0 Å². The number of phenols is 2. The third kappa shape index (κ3) is 6.26. The summed E-state index contributed by atoms with van der Waals surface area (Å²) >= 11 is 0. The van der Waals surface area contributed by atoms with Crippen LogP contribution < -0.4 is 0 Å². The highest BCUT2D eigenvalue weighted by molar-refractivity contribution is 5.59. The number of hydrogen-bond donors (Lipinski definition) is 2. The van der Waals surface area contributed by atoms with Gasteiger partial charge in [0.25, 0.3) is 0 Å². The summed E-state index contributed by atoms with van der Waals surface area (Å²) in [7, 11) is 0. The minimum absolute atomic E-state index is 0.00768. The van der Waals surface area contributed by atoms with E-state index in [9.17, 15) is 15.0 Å². The van der Waals surface area contributed by atoms with Crippen molar-refractivity contribution >= 4 is 6.16 Å². The summed E-state index contributed by atoms with van der Waals surface area (Å²) in [5.74, 6) is 0.143. The van der Waals surface area contributed by atoms with E-state index in [0.717, 1.165) is 0 Å². The van der Waals surface area contributed by atoms with Gasteiger partial charge in [-0.1, -0.05) is 64.1 Å². The molecule has 2 N–H and O–H groups in total. The Balaban J connectivity index is 1.97. The molecular weight excluding hydrogens is 388 g/mol. The molecule has 30 heavy (non-hydrogen) atoms. The summed E-state index contributed by atoms with van der Waals surface area (Å²) < 4.78 is 0. The van der Waals surface area contributed by atoms with Crippen molar-refractivity contribution in [2.75, 3.05) is 0 Å². The van der Waals surface area contributed by atoms with Crippen LogP contribution in [0.25, 0.3) is 0 Å². The first-order chi connectivity index (χ1) is 14.3. The molecule has 0 aliphatic carbocycles. The van der Waals surface area contributed by atoms with Gasteiger partial charge in [0.2, 0.25) is 0 Å². The van der Waals surface area contributed by atoms with E-state index in [1.54, 1.807) is 48.5 Å². The molecule has 2 aromatic carbocycles. The monoisotopic (exact) mass is 414 g/mol. The van der Waals surface area contributed by atoms with E-state index >= 15 is 0 Å². The zero-order valence-electron chi connectivity index (χ0n) is 17.3. The second kappa shape index (κ2) is 10.9. The summed E-state index contributed by atoms with van der Waals surface area (Å²) in [6, 6.07) is 12.5. The van der Waals surface area contributed by atoms with Crippen molar-refractivity contribution < 1.29 is 24.7 Å². The molecule has 2 aromatic rings. The number of para-hydroxylation sites is 2. The van der Waals surface area contributed by atoms with Crippen LogP contribution in [0.4, 0.5) is 4.79 Å². The van der Waals surface area contributed by atoms with Gasteiger partial charge in [-0.15, -0.1) is 10.2 Å². The Morgan fingerprint density at radius 3 is 1.43 bits per heavy atom. The minimum atomic E-state index is -1.21. The molecule has 0 spiro atoms. The summed E-state index contributed by atoms with van der Waals surface area (Å²) in [5, 5.41) is 34.7. The molecular formula is C21H26N4O5. The van der Waals surface area contributed by atoms with Crippen molar-refractivity contribution in [1.82, 2.24) is 0 Å². The normalized spacial score (nSPS) is 13.8. The first-order valence-electron chi connectivity index (χ1n) is 9.55. The van der Waals surface area contributed by atoms with E-state index in [0.29, 0.717) is 11.1 Å². The van der Waals surface area contributed by atoms with Crippen LogP contribution in [-0.2, 0) is 9.68 Å². The summed E-state index contributed by atoms with van der Waals surface area (Å²) in [6.45, 7) is 7.59. The molecule has 0 amide bonds. The highest BCUT2D eigenvalue weighted by Gasteiger charge is 2.20. The van der Waals surface area contributed by atoms with Gasteiger partial charge in [-0.25, -0.2) is 0 Å². The lowest BCUT2D eigenvalue weighted by molar-refractivity contribution is 0.0429. The molecule has 0 aliphatic heterocycles. The van der Waals surface area contributed by atoms with E-state index in [2.05, 4.69) is 30.5 Å². The van der Waals surface area contributed by atoms with Gasteiger partial charge in [0.05, 0.1) is 0 Å². The second-order valence-corrected chi connectivity index (χ2v) is 7.32. The topological polar surface area (TPSA) is 125 Å². The van der Waals surface area contributed by atoms with Gasteiger partial charge in [-0.05, 0) is 24.0 Å². The Hall–Kier alpha value is -3.49. The van der Waals surface area contributed by atoms with Crippen molar-refractivity contribution in [3.63, 3.8) is 0 Å². The lowest BCUT2D eigenvalue weighted by Crippen LogP contribution is -2.06. The van der Waals surface area contributed by atoms with Crippen molar-refractivity contribution in [2.24, 2.45) is 32.6 Å². The number of rotatable bonds is 8. The summed E-state index contributed by atoms with van der Waals surface area (Å²) in [6.07, 6.45) is -1.21. The quantitative estimate of drug-likeness (QED) is 0.400. The SMILES string of the molecule is CC(C)C(N=NOC(=O)ON=NC(c1ccccc1O)C(C)C)c1ccccc1O. The number of nitrogens with zero attached hydrogens (tertiary/aromatic N) is 4. The number of hydrogen-bond acceptors (Lipinski definition) is 9. The third-order valence-electron chi connectivity index (χ3n) is 4.35. The Morgan fingerprint density at radius 1 is 0.733 bits per heavy atom. The van der Waals surface area contributed by atoms with Gasteiger partial charge in [0, 0.05) is 21.7 Å². The van der Waals surface area contributed by atoms with Crippen LogP contribution >= 0.6 is 0 Å². The molecule has 160 valence electrons. The Labute approximate surface area is 175 Å². The van der Waals surface area contributed by atoms with E-state index in [-0.39, 0.29) is 23.3 Å². The van der Waals surface area contributed by atoms with Gasteiger partial charge in [0.15, 0.2) is 0 Å². The zero-order valence-corrected chi connectivity index (χ0v) is 17.3. The maximum absolute atomic E-state index is 11.7. The average Bonchev–Trinajstić information content (AvgIpc) is 2.70. The minimum Gasteiger partial charge on any atom is -0.508 e. The first-order valence-corrected chi connectivity index (χ1v) is 9.55. The molecule has 0 bridgehead atoms. The van der Waals surface area contributed by atoms with Crippen LogP contribution in [0.5, 0.6) is 11.5 Å². The number of phenolic OH excluding ortho intramolecular Hbond substituents is 2. The van der Waals surface area contributed by atoms with Crippen molar-refractivity contribution in [3.8, 4) is 11.5 Å². The molecule has 9 heteroatoms. The van der Waals surface area contributed by atoms with Crippen molar-refractivity contribution in [3.05, 3.63) is 59.7 Å². The highest BCUT2D eigenvalue weighted by Crippen LogP contribution is 2.33. The fraction of sp³-hybridized carbons (Fsp3) is 0.381. The third-order valence-corrected chi connectivity index (χ3v) is 4.35. The molecule has 2 atom stereocenters. The Kier molecular flexibility index (Phi) is 8.28. The van der Waals surface area contributed by atoms with Crippen LogP contribution in [0, 0.1) is 11.8 Å². The predicted molar refractivity (Wildman–Crippen MR) is 109 cm³/mol. The van der Waals surface area contributed by atoms with E-state index in [1.807, 2.05) is 27.7 Å². The van der Waals surface area contributed by atoms with Crippen LogP contribution in [-0.4, -0.2) is 16.4 Å². The van der Waals surface area contributed by atoms with Gasteiger partial charge in [-0.3, -0.25) is 9.68 Å². The lowest BCUT2D eigenvalue weighted by atomic mass is 9.96. The van der Waals surface area contributed by atoms with Crippen LogP contribution in [0.2, 0.25) is 0 Å². The second-order valence-electron chi connectivity index (χ2n) is 7.32. The van der Waals surface area contributed by atoms with Gasteiger partial charge in [-0.2, -0.15) is 4.79 Å². The number of carbonyl (C=O) groups excluding carboxylic acids is 1. The van der Waals surface area contributed by atoms with E-state index in [4.69, 9.17) is 0 Å². The molecule has 0 saturated heterocycles. The molecule has 0 fully saturated rings. The van der Waals surface area contributed by atoms with Crippen LogP contribution in [0.3, 0.4) is 0 Å². The number of aromatic hydroxyl groups is 2. The molecule has 9 nitrogen and oxygen atoms in total. The zero-order chi connectivity index (χ0) is 22.1. The van der Waals surface area contributed by atoms with Gasteiger partial charge < -0.3 is 10.2 Å². The summed E-state index contributed by atoms with van der Waals surface area (Å²) in [4.78, 5) is 20.8. The van der Waals surface area contributed by atoms with E-state index in [1.165, 1.54) is 0 Å². The number of carbonyl (C=O) groups is 1. The first kappa shape index (κ1) is 22.8. The fourth-order valence-corrected chi connectivity index (χ4v) is 2.82. The molecule has 0 aromatic heterocycles. The average molecular weight is 414 g/mol. The van der Waals surface area contributed by atoms with Gasteiger partial charge in [0.1, 0.15) is 23.6 Å². The molecule has 0 radical (unpaired) electrons.